The second-order valence-electron chi connectivity index (χ2n) is 7.97. The van der Waals surface area contributed by atoms with Crippen LogP contribution in [0.5, 0.6) is 5.75 Å². The Bertz CT molecular complexity index is 960. The van der Waals surface area contributed by atoms with Crippen molar-refractivity contribution in [3.63, 3.8) is 0 Å². The highest BCUT2D eigenvalue weighted by Gasteiger charge is 2.30. The molecule has 0 aromatic heterocycles. The second-order valence-corrected chi connectivity index (χ2v) is 7.97. The van der Waals surface area contributed by atoms with Crippen molar-refractivity contribution in [2.24, 2.45) is 11.8 Å². The van der Waals surface area contributed by atoms with Crippen LogP contribution in [0.25, 0.3) is 0 Å². The fourth-order valence-corrected chi connectivity index (χ4v) is 4.64. The van der Waals surface area contributed by atoms with Gasteiger partial charge in [-0.15, -0.1) is 0 Å². The minimum absolute atomic E-state index is 0.0542. The molecule has 2 aliphatic rings. The smallest absolute Gasteiger partial charge is 0.314 e. The van der Waals surface area contributed by atoms with Crippen LogP contribution in [0.2, 0.25) is 0 Å². The summed E-state index contributed by atoms with van der Waals surface area (Å²) in [5.74, 6) is -0.249. The Labute approximate surface area is 165 Å². The van der Waals surface area contributed by atoms with Crippen molar-refractivity contribution in [3.8, 4) is 11.8 Å². The van der Waals surface area contributed by atoms with Crippen molar-refractivity contribution >= 4 is 5.97 Å². The highest BCUT2D eigenvalue weighted by Crippen LogP contribution is 2.36. The van der Waals surface area contributed by atoms with Crippen LogP contribution in [0, 0.1) is 29.0 Å². The first-order chi connectivity index (χ1) is 13.6. The molecule has 0 spiro atoms. The van der Waals surface area contributed by atoms with Gasteiger partial charge in [-0.1, -0.05) is 25.5 Å². The average molecular weight is 377 g/mol. The first kappa shape index (κ1) is 18.7. The molecule has 2 aromatic carbocycles. The Kier molecular flexibility index (Phi) is 5.17. The lowest BCUT2D eigenvalue weighted by Gasteiger charge is -2.31. The molecule has 0 heterocycles. The molecule has 0 amide bonds. The maximum atomic E-state index is 13.7. The molecule has 0 radical (unpaired) electrons. The van der Waals surface area contributed by atoms with E-state index in [2.05, 4.69) is 19.1 Å². The van der Waals surface area contributed by atoms with E-state index < -0.39 is 5.82 Å². The Morgan fingerprint density at radius 1 is 1.14 bits per heavy atom. The van der Waals surface area contributed by atoms with Gasteiger partial charge < -0.3 is 4.74 Å². The fourth-order valence-electron chi connectivity index (χ4n) is 4.64. The lowest BCUT2D eigenvalue weighted by atomic mass is 9.74. The molecule has 2 aliphatic carbocycles. The summed E-state index contributed by atoms with van der Waals surface area (Å²) in [6.45, 7) is 2.27. The number of nitriles is 1. The molecule has 0 unspecified atom stereocenters. The van der Waals surface area contributed by atoms with E-state index in [1.54, 1.807) is 6.07 Å². The van der Waals surface area contributed by atoms with Crippen LogP contribution in [0.4, 0.5) is 4.39 Å². The van der Waals surface area contributed by atoms with Crippen LogP contribution in [0.1, 0.15) is 54.0 Å². The van der Waals surface area contributed by atoms with E-state index in [1.807, 2.05) is 0 Å². The van der Waals surface area contributed by atoms with Gasteiger partial charge in [-0.25, -0.2) is 4.39 Å². The van der Waals surface area contributed by atoms with Crippen LogP contribution in [-0.2, 0) is 30.5 Å². The van der Waals surface area contributed by atoms with Gasteiger partial charge in [0.05, 0.1) is 11.5 Å². The molecule has 2 atom stereocenters. The van der Waals surface area contributed by atoms with Gasteiger partial charge in [0.2, 0.25) is 0 Å². The highest BCUT2D eigenvalue weighted by molar-refractivity contribution is 5.76. The Hall–Kier alpha value is -2.67. The maximum absolute atomic E-state index is 13.7. The van der Waals surface area contributed by atoms with Crippen molar-refractivity contribution in [2.75, 3.05) is 0 Å². The van der Waals surface area contributed by atoms with Crippen LogP contribution >= 0.6 is 0 Å². The molecule has 4 heteroatoms. The summed E-state index contributed by atoms with van der Waals surface area (Å²) in [5, 5.41) is 8.80. The summed E-state index contributed by atoms with van der Waals surface area (Å²) in [4.78, 5) is 12.6. The molecule has 0 saturated carbocycles. The number of rotatable bonds is 3. The molecule has 0 fully saturated rings. The summed E-state index contributed by atoms with van der Waals surface area (Å²) < 4.78 is 19.1. The quantitative estimate of drug-likeness (QED) is 0.563. The maximum Gasteiger partial charge on any atom is 0.314 e. The molecule has 0 N–H and O–H groups in total. The Morgan fingerprint density at radius 2 is 1.86 bits per heavy atom. The first-order valence-corrected chi connectivity index (χ1v) is 10.1. The van der Waals surface area contributed by atoms with Gasteiger partial charge in [0.25, 0.3) is 0 Å². The monoisotopic (exact) mass is 377 g/mol. The third kappa shape index (κ3) is 3.54. The lowest BCUT2D eigenvalue weighted by Crippen LogP contribution is -2.28. The summed E-state index contributed by atoms with van der Waals surface area (Å²) in [7, 11) is 0. The summed E-state index contributed by atoms with van der Waals surface area (Å²) in [5.41, 5.74) is 5.66. The molecule has 0 aliphatic heterocycles. The molecule has 0 bridgehead atoms. The predicted molar refractivity (Wildman–Crippen MR) is 105 cm³/mol. The molecular formula is C24H24FNO2. The Balaban J connectivity index is 1.48. The van der Waals surface area contributed by atoms with Gasteiger partial charge >= 0.3 is 5.97 Å². The van der Waals surface area contributed by atoms with Crippen LogP contribution in [-0.4, -0.2) is 5.97 Å². The summed E-state index contributed by atoms with van der Waals surface area (Å²) >= 11 is 0. The van der Waals surface area contributed by atoms with E-state index in [0.717, 1.165) is 31.2 Å². The van der Waals surface area contributed by atoms with E-state index >= 15 is 0 Å². The van der Waals surface area contributed by atoms with Crippen LogP contribution in [0.15, 0.2) is 30.3 Å². The molecule has 144 valence electrons. The van der Waals surface area contributed by atoms with Crippen molar-refractivity contribution in [1.29, 1.82) is 5.26 Å². The second kappa shape index (κ2) is 7.75. The minimum atomic E-state index is -0.668. The zero-order valence-electron chi connectivity index (χ0n) is 16.1. The SMILES string of the molecule is CC[C@H]1CCc2c(ccc3c2CC[C@H](C(=O)Oc2ccc(C#N)c(F)c2)C3)C1. The number of carbonyl (C=O) groups excluding carboxylic acids is 1. The fraction of sp³-hybridized carbons (Fsp3) is 0.417. The van der Waals surface area contributed by atoms with E-state index in [1.165, 1.54) is 53.6 Å². The van der Waals surface area contributed by atoms with Gasteiger partial charge in [-0.05, 0) is 78.8 Å². The topological polar surface area (TPSA) is 50.1 Å². The average Bonchev–Trinajstić information content (AvgIpc) is 2.72. The zero-order valence-corrected chi connectivity index (χ0v) is 16.1. The number of benzene rings is 2. The third-order valence-corrected chi connectivity index (χ3v) is 6.34. The molecule has 0 saturated heterocycles. The van der Waals surface area contributed by atoms with Crippen LogP contribution in [0.3, 0.4) is 0 Å². The molecular weight excluding hydrogens is 353 g/mol. The summed E-state index contributed by atoms with van der Waals surface area (Å²) in [6, 6.07) is 10.1. The van der Waals surface area contributed by atoms with Crippen molar-refractivity contribution in [2.45, 2.75) is 51.9 Å². The van der Waals surface area contributed by atoms with Gasteiger partial charge in [0.15, 0.2) is 0 Å². The van der Waals surface area contributed by atoms with E-state index in [4.69, 9.17) is 10.00 Å². The minimum Gasteiger partial charge on any atom is -0.426 e. The number of halogens is 1. The van der Waals surface area contributed by atoms with Gasteiger partial charge in [-0.2, -0.15) is 5.26 Å². The van der Waals surface area contributed by atoms with Crippen LogP contribution < -0.4 is 4.74 Å². The molecule has 2 aromatic rings. The van der Waals surface area contributed by atoms with Crippen molar-refractivity contribution < 1.29 is 13.9 Å². The van der Waals surface area contributed by atoms with Crippen molar-refractivity contribution in [3.05, 3.63) is 64.0 Å². The normalized spacial score (nSPS) is 20.6. The van der Waals surface area contributed by atoms with E-state index in [9.17, 15) is 9.18 Å². The number of carbonyl (C=O) groups is 1. The molecule has 28 heavy (non-hydrogen) atoms. The number of hydrogen-bond acceptors (Lipinski definition) is 3. The lowest BCUT2D eigenvalue weighted by molar-refractivity contribution is -0.139. The van der Waals surface area contributed by atoms with Gasteiger partial charge in [0.1, 0.15) is 17.6 Å². The molecule has 3 nitrogen and oxygen atoms in total. The van der Waals surface area contributed by atoms with Gasteiger partial charge in [0, 0.05) is 6.07 Å². The number of ether oxygens (including phenoxy) is 1. The van der Waals surface area contributed by atoms with Gasteiger partial charge in [-0.3, -0.25) is 4.79 Å². The highest BCUT2D eigenvalue weighted by atomic mass is 19.1. The first-order valence-electron chi connectivity index (χ1n) is 10.1. The largest absolute Gasteiger partial charge is 0.426 e. The third-order valence-electron chi connectivity index (χ3n) is 6.34. The molecule has 4 rings (SSSR count). The number of esters is 1. The summed E-state index contributed by atoms with van der Waals surface area (Å²) in [6.07, 6.45) is 7.16. The number of fused-ring (bicyclic) bond motifs is 3. The number of hydrogen-bond donors (Lipinski definition) is 0. The Morgan fingerprint density at radius 3 is 2.54 bits per heavy atom. The standard InChI is InChI=1S/C24H24FNO2/c1-2-15-3-9-21-16(11-15)4-5-17-12-18(7-10-22(17)21)24(27)28-20-8-6-19(14-26)23(25)13-20/h4-6,8,13,15,18H,2-3,7,9-12H2,1H3/t15-,18-/m0/s1. The predicted octanol–water partition coefficient (Wildman–Crippen LogP) is 4.92. The zero-order chi connectivity index (χ0) is 19.7. The van der Waals surface area contributed by atoms with E-state index in [-0.39, 0.29) is 23.2 Å². The van der Waals surface area contributed by atoms with E-state index in [0.29, 0.717) is 6.42 Å². The van der Waals surface area contributed by atoms with Crippen molar-refractivity contribution in [1.82, 2.24) is 0 Å². The number of nitrogens with zero attached hydrogens (tertiary/aromatic N) is 1.